The molecule has 1 aliphatic heterocycles. The Kier molecular flexibility index (Phi) is 4.16. The van der Waals surface area contributed by atoms with Gasteiger partial charge in [-0.2, -0.15) is 0 Å². The molecule has 2 rings (SSSR count). The summed E-state index contributed by atoms with van der Waals surface area (Å²) in [6.07, 6.45) is 0. The van der Waals surface area contributed by atoms with Gasteiger partial charge in [0.15, 0.2) is 0 Å². The van der Waals surface area contributed by atoms with Crippen LogP contribution in [-0.4, -0.2) is 39.6 Å². The predicted octanol–water partition coefficient (Wildman–Crippen LogP) is 2.20. The molecule has 0 aliphatic carbocycles. The Balaban J connectivity index is 2.31. The summed E-state index contributed by atoms with van der Waals surface area (Å²) >= 11 is 3.60. The van der Waals surface area contributed by atoms with Crippen LogP contribution in [0.2, 0.25) is 0 Å². The van der Waals surface area contributed by atoms with Gasteiger partial charge in [-0.25, -0.2) is 4.79 Å². The van der Waals surface area contributed by atoms with E-state index in [2.05, 4.69) is 22.6 Å². The second kappa shape index (κ2) is 5.48. The standard InChI is InChI=1S/C12H12INO3S/c1-7-3-2-4-8(10(7)13)11(15)14-6-18-5-9(14)12(16)17/h2-4,9H,5-6H2,1H3,(H,16,17). The Hall–Kier alpha value is -0.760. The zero-order chi connectivity index (χ0) is 13.3. The molecule has 1 aromatic carbocycles. The van der Waals surface area contributed by atoms with Gasteiger partial charge in [-0.05, 0) is 41.1 Å². The molecule has 1 fully saturated rings. The fourth-order valence-electron chi connectivity index (χ4n) is 1.81. The third kappa shape index (κ3) is 2.49. The fourth-order valence-corrected chi connectivity index (χ4v) is 3.55. The SMILES string of the molecule is Cc1cccc(C(=O)N2CSCC2C(=O)O)c1I. The lowest BCUT2D eigenvalue weighted by atomic mass is 10.1. The van der Waals surface area contributed by atoms with Crippen molar-refractivity contribution in [2.24, 2.45) is 0 Å². The van der Waals surface area contributed by atoms with Crippen LogP contribution in [0.3, 0.4) is 0 Å². The van der Waals surface area contributed by atoms with Gasteiger partial charge in [-0.15, -0.1) is 11.8 Å². The van der Waals surface area contributed by atoms with E-state index < -0.39 is 12.0 Å². The highest BCUT2D eigenvalue weighted by Crippen LogP contribution is 2.26. The molecule has 96 valence electrons. The molecule has 1 aliphatic rings. The number of hydrogen-bond donors (Lipinski definition) is 1. The lowest BCUT2D eigenvalue weighted by Gasteiger charge is -2.21. The van der Waals surface area contributed by atoms with Gasteiger partial charge in [-0.1, -0.05) is 12.1 Å². The minimum Gasteiger partial charge on any atom is -0.480 e. The number of nitrogens with zero attached hydrogens (tertiary/aromatic N) is 1. The lowest BCUT2D eigenvalue weighted by Crippen LogP contribution is -2.42. The quantitative estimate of drug-likeness (QED) is 0.803. The number of carbonyl (C=O) groups excluding carboxylic acids is 1. The molecule has 18 heavy (non-hydrogen) atoms. The van der Waals surface area contributed by atoms with Gasteiger partial charge < -0.3 is 10.0 Å². The Morgan fingerprint density at radius 1 is 1.50 bits per heavy atom. The third-order valence-corrected chi connectivity index (χ3v) is 5.29. The van der Waals surface area contributed by atoms with Crippen LogP contribution in [0, 0.1) is 10.5 Å². The predicted molar refractivity (Wildman–Crippen MR) is 78.8 cm³/mol. The smallest absolute Gasteiger partial charge is 0.327 e. The molecule has 0 aromatic heterocycles. The number of halogens is 1. The molecule has 1 amide bonds. The van der Waals surface area contributed by atoms with Crippen LogP contribution < -0.4 is 0 Å². The molecule has 1 atom stereocenters. The van der Waals surface area contributed by atoms with Crippen molar-refractivity contribution in [2.75, 3.05) is 11.6 Å². The first-order valence-electron chi connectivity index (χ1n) is 5.39. The van der Waals surface area contributed by atoms with Crippen molar-refractivity contribution in [1.82, 2.24) is 4.90 Å². The molecule has 1 saturated heterocycles. The average molecular weight is 377 g/mol. The maximum absolute atomic E-state index is 12.4. The third-order valence-electron chi connectivity index (χ3n) is 2.85. The van der Waals surface area contributed by atoms with Crippen LogP contribution in [0.15, 0.2) is 18.2 Å². The topological polar surface area (TPSA) is 57.6 Å². The first kappa shape index (κ1) is 13.7. The van der Waals surface area contributed by atoms with Gasteiger partial charge in [0.2, 0.25) is 0 Å². The van der Waals surface area contributed by atoms with E-state index >= 15 is 0 Å². The van der Waals surface area contributed by atoms with E-state index in [1.54, 1.807) is 6.07 Å². The molecule has 0 spiro atoms. The Labute approximate surface area is 123 Å². The van der Waals surface area contributed by atoms with E-state index in [1.807, 2.05) is 19.1 Å². The minimum absolute atomic E-state index is 0.194. The Morgan fingerprint density at radius 2 is 2.22 bits per heavy atom. The van der Waals surface area contributed by atoms with Crippen molar-refractivity contribution in [1.29, 1.82) is 0 Å². The zero-order valence-electron chi connectivity index (χ0n) is 9.72. The summed E-state index contributed by atoms with van der Waals surface area (Å²) in [5, 5.41) is 9.09. The molecule has 1 unspecified atom stereocenters. The van der Waals surface area contributed by atoms with E-state index in [1.165, 1.54) is 16.7 Å². The number of aryl methyl sites for hydroxylation is 1. The number of carboxylic acids is 1. The van der Waals surface area contributed by atoms with E-state index in [0.717, 1.165) is 9.13 Å². The van der Waals surface area contributed by atoms with E-state index in [0.29, 0.717) is 17.2 Å². The Bertz CT molecular complexity index is 506. The molecule has 4 nitrogen and oxygen atoms in total. The van der Waals surface area contributed by atoms with Crippen LogP contribution in [0.1, 0.15) is 15.9 Å². The number of rotatable bonds is 2. The zero-order valence-corrected chi connectivity index (χ0v) is 12.7. The van der Waals surface area contributed by atoms with Gasteiger partial charge >= 0.3 is 5.97 Å². The molecule has 0 saturated carbocycles. The largest absolute Gasteiger partial charge is 0.480 e. The fraction of sp³-hybridized carbons (Fsp3) is 0.333. The van der Waals surface area contributed by atoms with Gasteiger partial charge in [0.25, 0.3) is 5.91 Å². The highest BCUT2D eigenvalue weighted by molar-refractivity contribution is 14.1. The first-order chi connectivity index (χ1) is 8.52. The highest BCUT2D eigenvalue weighted by Gasteiger charge is 2.35. The van der Waals surface area contributed by atoms with Crippen LogP contribution in [0.25, 0.3) is 0 Å². The van der Waals surface area contributed by atoms with Crippen molar-refractivity contribution in [3.63, 3.8) is 0 Å². The summed E-state index contributed by atoms with van der Waals surface area (Å²) in [7, 11) is 0. The number of carboxylic acid groups (broad SMARTS) is 1. The summed E-state index contributed by atoms with van der Waals surface area (Å²) in [4.78, 5) is 24.9. The van der Waals surface area contributed by atoms with Gasteiger partial charge in [0.05, 0.1) is 11.4 Å². The van der Waals surface area contributed by atoms with Crippen LogP contribution in [-0.2, 0) is 4.79 Å². The van der Waals surface area contributed by atoms with E-state index in [9.17, 15) is 9.59 Å². The van der Waals surface area contributed by atoms with Crippen molar-refractivity contribution in [3.8, 4) is 0 Å². The van der Waals surface area contributed by atoms with Crippen molar-refractivity contribution < 1.29 is 14.7 Å². The molecule has 0 bridgehead atoms. The summed E-state index contributed by atoms with van der Waals surface area (Å²) in [5.41, 5.74) is 1.62. The summed E-state index contributed by atoms with van der Waals surface area (Å²) in [6, 6.07) is 4.80. The number of hydrogen-bond acceptors (Lipinski definition) is 3. The number of aliphatic carboxylic acids is 1. The van der Waals surface area contributed by atoms with Gasteiger partial charge in [0.1, 0.15) is 6.04 Å². The molecule has 6 heteroatoms. The van der Waals surface area contributed by atoms with E-state index in [4.69, 9.17) is 5.11 Å². The maximum Gasteiger partial charge on any atom is 0.327 e. The maximum atomic E-state index is 12.4. The second-order valence-electron chi connectivity index (χ2n) is 4.07. The van der Waals surface area contributed by atoms with Crippen LogP contribution in [0.4, 0.5) is 0 Å². The molecular formula is C12H12INO3S. The van der Waals surface area contributed by atoms with Crippen molar-refractivity contribution in [2.45, 2.75) is 13.0 Å². The molecule has 1 heterocycles. The highest BCUT2D eigenvalue weighted by atomic mass is 127. The monoisotopic (exact) mass is 377 g/mol. The Morgan fingerprint density at radius 3 is 2.89 bits per heavy atom. The summed E-state index contributed by atoms with van der Waals surface area (Å²) in [6.45, 7) is 1.94. The molecule has 0 radical (unpaired) electrons. The van der Waals surface area contributed by atoms with Crippen molar-refractivity contribution in [3.05, 3.63) is 32.9 Å². The van der Waals surface area contributed by atoms with Gasteiger partial charge in [0, 0.05) is 9.32 Å². The lowest BCUT2D eigenvalue weighted by molar-refractivity contribution is -0.140. The average Bonchev–Trinajstić information content (AvgIpc) is 2.81. The number of carbonyl (C=O) groups is 2. The minimum atomic E-state index is -0.934. The normalized spacial score (nSPS) is 19.0. The second-order valence-corrected chi connectivity index (χ2v) is 6.14. The van der Waals surface area contributed by atoms with Crippen LogP contribution >= 0.6 is 34.4 Å². The number of amides is 1. The number of benzene rings is 1. The van der Waals surface area contributed by atoms with Crippen molar-refractivity contribution >= 4 is 46.2 Å². The van der Waals surface area contributed by atoms with Crippen LogP contribution in [0.5, 0.6) is 0 Å². The van der Waals surface area contributed by atoms with Gasteiger partial charge in [-0.3, -0.25) is 4.79 Å². The molecule has 1 N–H and O–H groups in total. The number of thioether (sulfide) groups is 1. The molecule has 1 aromatic rings. The van der Waals surface area contributed by atoms with E-state index in [-0.39, 0.29) is 5.91 Å². The summed E-state index contributed by atoms with van der Waals surface area (Å²) < 4.78 is 0.890. The molecular weight excluding hydrogens is 365 g/mol. The first-order valence-corrected chi connectivity index (χ1v) is 7.62. The summed E-state index contributed by atoms with van der Waals surface area (Å²) in [5.74, 6) is -0.222.